The third kappa shape index (κ3) is 2.69. The second-order valence-corrected chi connectivity index (χ2v) is 5.51. The molecule has 4 heteroatoms. The molecule has 1 aliphatic rings. The van der Waals surface area contributed by atoms with Gasteiger partial charge in [0.05, 0.1) is 5.56 Å². The number of aryl methyl sites for hydroxylation is 1. The minimum atomic E-state index is -0.343. The van der Waals surface area contributed by atoms with E-state index in [1.807, 2.05) is 37.3 Å². The summed E-state index contributed by atoms with van der Waals surface area (Å²) in [6, 6.07) is 11.3. The molecule has 0 saturated heterocycles. The van der Waals surface area contributed by atoms with Crippen LogP contribution in [0.2, 0.25) is 0 Å². The van der Waals surface area contributed by atoms with E-state index in [9.17, 15) is 9.59 Å². The largest absolute Gasteiger partial charge is 0.457 e. The average molecular weight is 297 g/mol. The third-order valence-electron chi connectivity index (χ3n) is 4.08. The molecule has 2 heterocycles. The third-order valence-corrected chi connectivity index (χ3v) is 4.08. The van der Waals surface area contributed by atoms with E-state index in [2.05, 4.69) is 0 Å². The number of benzene rings is 1. The molecule has 0 bridgehead atoms. The molecule has 2 aromatic rings. The Morgan fingerprint density at radius 2 is 2.05 bits per heavy atom. The van der Waals surface area contributed by atoms with Gasteiger partial charge in [-0.15, -0.1) is 0 Å². The minimum Gasteiger partial charge on any atom is -0.457 e. The van der Waals surface area contributed by atoms with E-state index in [0.717, 1.165) is 24.1 Å². The molecule has 4 nitrogen and oxygen atoms in total. The molecule has 0 saturated carbocycles. The van der Waals surface area contributed by atoms with Crippen molar-refractivity contribution in [2.24, 2.45) is 0 Å². The molecule has 1 aliphatic heterocycles. The number of nitrogens with zero attached hydrogens (tertiary/aromatic N) is 1. The molecule has 0 atom stereocenters. The van der Waals surface area contributed by atoms with Gasteiger partial charge < -0.3 is 9.30 Å². The summed E-state index contributed by atoms with van der Waals surface area (Å²) in [6.07, 6.45) is 2.29. The smallest absolute Gasteiger partial charge is 0.340 e. The Morgan fingerprint density at radius 1 is 1.27 bits per heavy atom. The lowest BCUT2D eigenvalue weighted by atomic mass is 10.1. The van der Waals surface area contributed by atoms with Gasteiger partial charge in [-0.05, 0) is 30.9 Å². The number of hydrogen-bond donors (Lipinski definition) is 0. The maximum absolute atomic E-state index is 12.4. The summed E-state index contributed by atoms with van der Waals surface area (Å²) in [5.41, 5.74) is 3.04. The van der Waals surface area contributed by atoms with Gasteiger partial charge in [-0.2, -0.15) is 0 Å². The van der Waals surface area contributed by atoms with Crippen LogP contribution in [-0.4, -0.2) is 10.5 Å². The second kappa shape index (κ2) is 6.18. The van der Waals surface area contributed by atoms with E-state index in [1.54, 1.807) is 10.6 Å². The maximum Gasteiger partial charge on any atom is 0.340 e. The zero-order valence-electron chi connectivity index (χ0n) is 12.7. The first-order valence-electron chi connectivity index (χ1n) is 7.67. The average Bonchev–Trinajstić information content (AvgIpc) is 3.04. The van der Waals surface area contributed by atoms with Crippen LogP contribution in [0.5, 0.6) is 0 Å². The molecule has 3 rings (SSSR count). The molecule has 0 N–H and O–H groups in total. The number of pyridine rings is 1. The molecule has 0 fully saturated rings. The predicted molar refractivity (Wildman–Crippen MR) is 84.0 cm³/mol. The number of carbonyl (C=O) groups excluding carboxylic acids is 1. The summed E-state index contributed by atoms with van der Waals surface area (Å²) in [6.45, 7) is 2.87. The monoisotopic (exact) mass is 297 g/mol. The van der Waals surface area contributed by atoms with Crippen molar-refractivity contribution >= 4 is 5.97 Å². The number of aromatic nitrogens is 1. The molecule has 1 aromatic heterocycles. The lowest BCUT2D eigenvalue weighted by Gasteiger charge is -2.12. The standard InChI is InChI=1S/C18H19NO3/c1-2-14-11-15(16-9-6-10-19(16)17(14)20)18(21)22-12-13-7-4-3-5-8-13/h3-5,7-8,11H,2,6,9-10,12H2,1H3. The minimum absolute atomic E-state index is 0.0367. The highest BCUT2D eigenvalue weighted by atomic mass is 16.5. The highest BCUT2D eigenvalue weighted by Crippen LogP contribution is 2.19. The zero-order chi connectivity index (χ0) is 15.5. The molecule has 0 unspecified atom stereocenters. The Morgan fingerprint density at radius 3 is 2.77 bits per heavy atom. The summed E-state index contributed by atoms with van der Waals surface area (Å²) in [5.74, 6) is -0.343. The summed E-state index contributed by atoms with van der Waals surface area (Å²) >= 11 is 0. The van der Waals surface area contributed by atoms with E-state index in [-0.39, 0.29) is 18.1 Å². The van der Waals surface area contributed by atoms with Crippen LogP contribution in [0.4, 0.5) is 0 Å². The summed E-state index contributed by atoms with van der Waals surface area (Å²) in [4.78, 5) is 24.7. The maximum atomic E-state index is 12.4. The number of fused-ring (bicyclic) bond motifs is 1. The number of carbonyl (C=O) groups is 1. The summed E-state index contributed by atoms with van der Waals surface area (Å²) < 4.78 is 7.16. The summed E-state index contributed by atoms with van der Waals surface area (Å²) in [5, 5.41) is 0. The fourth-order valence-electron chi connectivity index (χ4n) is 2.90. The van der Waals surface area contributed by atoms with Crippen molar-refractivity contribution in [3.8, 4) is 0 Å². The topological polar surface area (TPSA) is 48.3 Å². The van der Waals surface area contributed by atoms with Gasteiger partial charge >= 0.3 is 5.97 Å². The molecule has 22 heavy (non-hydrogen) atoms. The number of esters is 1. The van der Waals surface area contributed by atoms with Crippen molar-refractivity contribution in [2.45, 2.75) is 39.3 Å². The molecule has 1 aromatic carbocycles. The number of rotatable bonds is 4. The first kappa shape index (κ1) is 14.6. The Bertz CT molecular complexity index is 747. The SMILES string of the molecule is CCc1cc(C(=O)OCc2ccccc2)c2n(c1=O)CCC2. The Hall–Kier alpha value is -2.36. The van der Waals surface area contributed by atoms with Crippen LogP contribution in [0.25, 0.3) is 0 Å². The fraction of sp³-hybridized carbons (Fsp3) is 0.333. The van der Waals surface area contributed by atoms with Gasteiger partial charge in [0.25, 0.3) is 5.56 Å². The van der Waals surface area contributed by atoms with E-state index >= 15 is 0 Å². The van der Waals surface area contributed by atoms with Crippen molar-refractivity contribution in [1.82, 2.24) is 4.57 Å². The fourth-order valence-corrected chi connectivity index (χ4v) is 2.90. The zero-order valence-corrected chi connectivity index (χ0v) is 12.7. The molecule has 0 spiro atoms. The number of hydrogen-bond acceptors (Lipinski definition) is 3. The van der Waals surface area contributed by atoms with Crippen LogP contribution < -0.4 is 5.56 Å². The Labute approximate surface area is 129 Å². The van der Waals surface area contributed by atoms with Gasteiger partial charge in [-0.3, -0.25) is 4.79 Å². The lowest BCUT2D eigenvalue weighted by Crippen LogP contribution is -2.26. The molecule has 114 valence electrons. The highest BCUT2D eigenvalue weighted by molar-refractivity contribution is 5.91. The molecular formula is C18H19NO3. The second-order valence-electron chi connectivity index (χ2n) is 5.51. The van der Waals surface area contributed by atoms with Gasteiger partial charge in [-0.25, -0.2) is 4.79 Å². The quantitative estimate of drug-likeness (QED) is 0.815. The van der Waals surface area contributed by atoms with Gasteiger partial charge in [0.2, 0.25) is 0 Å². The first-order chi connectivity index (χ1) is 10.7. The van der Waals surface area contributed by atoms with Crippen molar-refractivity contribution < 1.29 is 9.53 Å². The molecule has 0 aliphatic carbocycles. The van der Waals surface area contributed by atoms with E-state index in [4.69, 9.17) is 4.74 Å². The van der Waals surface area contributed by atoms with E-state index < -0.39 is 0 Å². The Balaban J connectivity index is 1.86. The highest BCUT2D eigenvalue weighted by Gasteiger charge is 2.23. The van der Waals surface area contributed by atoms with Gasteiger partial charge in [0.15, 0.2) is 0 Å². The molecular weight excluding hydrogens is 278 g/mol. The van der Waals surface area contributed by atoms with Gasteiger partial charge in [0.1, 0.15) is 6.61 Å². The van der Waals surface area contributed by atoms with Crippen LogP contribution in [-0.2, 0) is 30.7 Å². The number of ether oxygens (including phenoxy) is 1. The normalized spacial score (nSPS) is 13.0. The van der Waals surface area contributed by atoms with E-state index in [1.165, 1.54) is 0 Å². The predicted octanol–water partition coefficient (Wildman–Crippen LogP) is 2.71. The molecule has 0 amide bonds. The van der Waals surface area contributed by atoms with Crippen LogP contribution in [0.3, 0.4) is 0 Å². The van der Waals surface area contributed by atoms with Crippen LogP contribution in [0.1, 0.15) is 40.5 Å². The van der Waals surface area contributed by atoms with Crippen LogP contribution in [0, 0.1) is 0 Å². The van der Waals surface area contributed by atoms with Gasteiger partial charge in [-0.1, -0.05) is 37.3 Å². The van der Waals surface area contributed by atoms with Gasteiger partial charge in [0, 0.05) is 17.8 Å². The molecule has 0 radical (unpaired) electrons. The van der Waals surface area contributed by atoms with Crippen molar-refractivity contribution in [2.75, 3.05) is 0 Å². The van der Waals surface area contributed by atoms with E-state index in [0.29, 0.717) is 24.1 Å². The van der Waals surface area contributed by atoms with Crippen LogP contribution >= 0.6 is 0 Å². The lowest BCUT2D eigenvalue weighted by molar-refractivity contribution is 0.0470. The van der Waals surface area contributed by atoms with Crippen molar-refractivity contribution in [1.29, 1.82) is 0 Å². The Kier molecular flexibility index (Phi) is 4.09. The van der Waals surface area contributed by atoms with Crippen LogP contribution in [0.15, 0.2) is 41.2 Å². The summed E-state index contributed by atoms with van der Waals surface area (Å²) in [7, 11) is 0. The van der Waals surface area contributed by atoms with Crippen molar-refractivity contribution in [3.63, 3.8) is 0 Å². The van der Waals surface area contributed by atoms with Crippen molar-refractivity contribution in [3.05, 3.63) is 69.1 Å². The first-order valence-corrected chi connectivity index (χ1v) is 7.67.